The van der Waals surface area contributed by atoms with E-state index in [0.717, 1.165) is 0 Å². The fourth-order valence-corrected chi connectivity index (χ4v) is 2.06. The van der Waals surface area contributed by atoms with E-state index in [0.29, 0.717) is 5.56 Å². The monoisotopic (exact) mass is 307 g/mol. The third-order valence-corrected chi connectivity index (χ3v) is 3.25. The molecule has 0 aliphatic heterocycles. The molecular formula is C14H12BClFNO3. The average molecular weight is 308 g/mol. The summed E-state index contributed by atoms with van der Waals surface area (Å²) in [6.45, 7) is 0.0339. The molecule has 21 heavy (non-hydrogen) atoms. The third-order valence-electron chi connectivity index (χ3n) is 2.93. The number of benzene rings is 2. The summed E-state index contributed by atoms with van der Waals surface area (Å²) >= 11 is 5.92. The minimum absolute atomic E-state index is 0.0339. The predicted octanol–water partition coefficient (Wildman–Crippen LogP) is 1.09. The van der Waals surface area contributed by atoms with E-state index in [4.69, 9.17) is 21.6 Å². The summed E-state index contributed by atoms with van der Waals surface area (Å²) in [5.41, 5.74) is 0.729. The maximum Gasteiger partial charge on any atom is 0.488 e. The second-order valence-corrected chi connectivity index (χ2v) is 4.79. The molecule has 0 saturated heterocycles. The minimum atomic E-state index is -1.65. The first-order valence-electron chi connectivity index (χ1n) is 6.16. The number of hydrogen-bond donors (Lipinski definition) is 3. The van der Waals surface area contributed by atoms with E-state index in [2.05, 4.69) is 5.32 Å². The summed E-state index contributed by atoms with van der Waals surface area (Å²) in [6.07, 6.45) is 0. The zero-order valence-electron chi connectivity index (χ0n) is 10.9. The van der Waals surface area contributed by atoms with Crippen LogP contribution in [0.5, 0.6) is 0 Å². The summed E-state index contributed by atoms with van der Waals surface area (Å²) < 4.78 is 13.4. The zero-order chi connectivity index (χ0) is 15.4. The van der Waals surface area contributed by atoms with Crippen LogP contribution in [-0.2, 0) is 6.54 Å². The molecule has 0 radical (unpaired) electrons. The molecule has 0 unspecified atom stereocenters. The van der Waals surface area contributed by atoms with Gasteiger partial charge in [0.05, 0.1) is 10.6 Å². The van der Waals surface area contributed by atoms with Crippen molar-refractivity contribution in [3.8, 4) is 0 Å². The van der Waals surface area contributed by atoms with E-state index < -0.39 is 18.8 Å². The Balaban J connectivity index is 2.09. The van der Waals surface area contributed by atoms with Gasteiger partial charge in [-0.2, -0.15) is 0 Å². The maximum atomic E-state index is 13.4. The normalized spacial score (nSPS) is 10.3. The lowest BCUT2D eigenvalue weighted by Crippen LogP contribution is -2.31. The molecule has 4 nitrogen and oxygen atoms in total. The largest absolute Gasteiger partial charge is 0.488 e. The van der Waals surface area contributed by atoms with Crippen molar-refractivity contribution in [2.75, 3.05) is 0 Å². The molecule has 0 saturated carbocycles. The molecule has 7 heteroatoms. The van der Waals surface area contributed by atoms with Crippen molar-refractivity contribution in [1.29, 1.82) is 0 Å². The Labute approximate surface area is 126 Å². The minimum Gasteiger partial charge on any atom is -0.423 e. The number of hydrogen-bond acceptors (Lipinski definition) is 3. The van der Waals surface area contributed by atoms with E-state index in [-0.39, 0.29) is 22.6 Å². The van der Waals surface area contributed by atoms with E-state index in [1.54, 1.807) is 18.2 Å². The number of carbonyl (C=O) groups is 1. The number of rotatable bonds is 4. The molecule has 3 N–H and O–H groups in total. The molecule has 0 aromatic heterocycles. The Morgan fingerprint density at radius 3 is 2.57 bits per heavy atom. The molecule has 0 heterocycles. The molecule has 2 rings (SSSR count). The van der Waals surface area contributed by atoms with Gasteiger partial charge in [-0.1, -0.05) is 35.9 Å². The first kappa shape index (κ1) is 15.5. The van der Waals surface area contributed by atoms with Gasteiger partial charge in [-0.15, -0.1) is 0 Å². The summed E-state index contributed by atoms with van der Waals surface area (Å²) in [5, 5.41) is 20.7. The molecule has 0 bridgehead atoms. The molecule has 108 valence electrons. The Kier molecular flexibility index (Phi) is 4.96. The van der Waals surface area contributed by atoms with Crippen molar-refractivity contribution in [2.24, 2.45) is 0 Å². The summed E-state index contributed by atoms with van der Waals surface area (Å²) in [6, 6.07) is 10.2. The third kappa shape index (κ3) is 3.82. The van der Waals surface area contributed by atoms with Crippen LogP contribution in [0.15, 0.2) is 42.5 Å². The number of nitrogens with one attached hydrogen (secondary N) is 1. The van der Waals surface area contributed by atoms with Crippen LogP contribution < -0.4 is 10.8 Å². The predicted molar refractivity (Wildman–Crippen MR) is 78.8 cm³/mol. The molecule has 0 atom stereocenters. The standard InChI is InChI=1S/C14H12BClFNO3/c16-12-7-10(15(20)21)5-6-11(12)14(19)18-8-9-3-1-2-4-13(9)17/h1-7,20-21H,8H2,(H,18,19). The molecule has 0 aliphatic rings. The molecule has 1 amide bonds. The summed E-state index contributed by atoms with van der Waals surface area (Å²) in [4.78, 5) is 12.0. The highest BCUT2D eigenvalue weighted by Gasteiger charge is 2.16. The number of halogens is 2. The van der Waals surface area contributed by atoms with Gasteiger partial charge in [-0.05, 0) is 23.7 Å². The molecule has 2 aromatic carbocycles. The lowest BCUT2D eigenvalue weighted by atomic mass is 9.80. The van der Waals surface area contributed by atoms with Crippen molar-refractivity contribution in [1.82, 2.24) is 5.32 Å². The van der Waals surface area contributed by atoms with E-state index in [1.165, 1.54) is 24.3 Å². The first-order valence-corrected chi connectivity index (χ1v) is 6.54. The van der Waals surface area contributed by atoms with E-state index >= 15 is 0 Å². The van der Waals surface area contributed by atoms with Gasteiger partial charge in [0.25, 0.3) is 5.91 Å². The highest BCUT2D eigenvalue weighted by Crippen LogP contribution is 2.14. The van der Waals surface area contributed by atoms with E-state index in [1.807, 2.05) is 0 Å². The topological polar surface area (TPSA) is 69.6 Å². The molecule has 0 aliphatic carbocycles. The Hall–Kier alpha value is -1.89. The van der Waals surface area contributed by atoms with Crippen molar-refractivity contribution in [3.63, 3.8) is 0 Å². The van der Waals surface area contributed by atoms with Crippen LogP contribution in [0.25, 0.3) is 0 Å². The number of amides is 1. The van der Waals surface area contributed by atoms with Crippen LogP contribution in [0.1, 0.15) is 15.9 Å². The van der Waals surface area contributed by atoms with Gasteiger partial charge in [0.15, 0.2) is 0 Å². The maximum absolute atomic E-state index is 13.4. The smallest absolute Gasteiger partial charge is 0.423 e. The zero-order valence-corrected chi connectivity index (χ0v) is 11.6. The summed E-state index contributed by atoms with van der Waals surface area (Å²) in [7, 11) is -1.65. The molecule has 0 fully saturated rings. The lowest BCUT2D eigenvalue weighted by Gasteiger charge is -2.09. The van der Waals surface area contributed by atoms with Crippen LogP contribution in [0.3, 0.4) is 0 Å². The van der Waals surface area contributed by atoms with Gasteiger partial charge in [0, 0.05) is 12.1 Å². The fraction of sp³-hybridized carbons (Fsp3) is 0.0714. The van der Waals surface area contributed by atoms with Crippen molar-refractivity contribution < 1.29 is 19.2 Å². The van der Waals surface area contributed by atoms with Crippen LogP contribution >= 0.6 is 11.6 Å². The fourth-order valence-electron chi connectivity index (χ4n) is 1.79. The second-order valence-electron chi connectivity index (χ2n) is 4.39. The van der Waals surface area contributed by atoms with Gasteiger partial charge in [-0.25, -0.2) is 4.39 Å². The summed E-state index contributed by atoms with van der Waals surface area (Å²) in [5.74, 6) is -0.870. The number of carbonyl (C=O) groups excluding carboxylic acids is 1. The Morgan fingerprint density at radius 1 is 1.24 bits per heavy atom. The van der Waals surface area contributed by atoms with Gasteiger partial charge in [0.1, 0.15) is 5.82 Å². The highest BCUT2D eigenvalue weighted by atomic mass is 35.5. The second kappa shape index (κ2) is 6.71. The average Bonchev–Trinajstić information content (AvgIpc) is 2.46. The highest BCUT2D eigenvalue weighted by molar-refractivity contribution is 6.59. The molecular weight excluding hydrogens is 295 g/mol. The van der Waals surface area contributed by atoms with Gasteiger partial charge < -0.3 is 15.4 Å². The van der Waals surface area contributed by atoms with Crippen molar-refractivity contribution in [2.45, 2.75) is 6.54 Å². The Morgan fingerprint density at radius 2 is 1.95 bits per heavy atom. The molecule has 2 aromatic rings. The van der Waals surface area contributed by atoms with Crippen LogP contribution in [0.2, 0.25) is 5.02 Å². The van der Waals surface area contributed by atoms with Crippen molar-refractivity contribution in [3.05, 3.63) is 64.4 Å². The quantitative estimate of drug-likeness (QED) is 0.741. The lowest BCUT2D eigenvalue weighted by molar-refractivity contribution is 0.0950. The Bertz CT molecular complexity index is 666. The molecule has 0 spiro atoms. The van der Waals surface area contributed by atoms with Crippen LogP contribution in [0.4, 0.5) is 4.39 Å². The van der Waals surface area contributed by atoms with Crippen molar-refractivity contribution >= 4 is 30.1 Å². The van der Waals surface area contributed by atoms with Crippen LogP contribution in [-0.4, -0.2) is 23.1 Å². The first-order chi connectivity index (χ1) is 9.99. The SMILES string of the molecule is O=C(NCc1ccccc1F)c1ccc(B(O)O)cc1Cl. The van der Waals surface area contributed by atoms with Gasteiger partial charge >= 0.3 is 7.12 Å². The van der Waals surface area contributed by atoms with Gasteiger partial charge in [-0.3, -0.25) is 4.79 Å². The van der Waals surface area contributed by atoms with E-state index in [9.17, 15) is 9.18 Å². The van der Waals surface area contributed by atoms with Crippen LogP contribution in [0, 0.1) is 5.82 Å². The van der Waals surface area contributed by atoms with Gasteiger partial charge in [0.2, 0.25) is 0 Å².